The van der Waals surface area contributed by atoms with Crippen LogP contribution in [-0.4, -0.2) is 16.2 Å². The molecule has 0 fully saturated rings. The summed E-state index contributed by atoms with van der Waals surface area (Å²) in [5.74, 6) is 0. The van der Waals surface area contributed by atoms with Crippen LogP contribution in [0.2, 0.25) is 0 Å². The van der Waals surface area contributed by atoms with E-state index in [1.54, 1.807) is 0 Å². The maximum absolute atomic E-state index is 4.32. The van der Waals surface area contributed by atoms with Crippen molar-refractivity contribution in [2.75, 3.05) is 6.54 Å². The molecule has 3 heteroatoms. The van der Waals surface area contributed by atoms with Crippen LogP contribution >= 0.6 is 0 Å². The molecule has 2 rings (SSSR count). The molecule has 0 aliphatic carbocycles. The van der Waals surface area contributed by atoms with Gasteiger partial charge in [0.05, 0.1) is 11.7 Å². The number of pyridine rings is 1. The van der Waals surface area contributed by atoms with Crippen LogP contribution in [0.25, 0.3) is 5.52 Å². The van der Waals surface area contributed by atoms with Crippen LogP contribution in [0.1, 0.15) is 38.2 Å². The minimum absolute atomic E-state index is 0.916. The van der Waals surface area contributed by atoms with Crippen LogP contribution in [0.3, 0.4) is 0 Å². The zero-order chi connectivity index (χ0) is 11.9. The quantitative estimate of drug-likeness (QED) is 0.742. The summed E-state index contributed by atoms with van der Waals surface area (Å²) in [4.78, 5) is 0. The summed E-state index contributed by atoms with van der Waals surface area (Å²) < 4.78 is 1.92. The molecule has 1 N–H and O–H groups in total. The Labute approximate surface area is 103 Å². The van der Waals surface area contributed by atoms with Crippen molar-refractivity contribution in [3.8, 4) is 0 Å². The van der Waals surface area contributed by atoms with E-state index < -0.39 is 0 Å². The van der Waals surface area contributed by atoms with Crippen molar-refractivity contribution in [3.63, 3.8) is 0 Å². The van der Waals surface area contributed by atoms with Crippen LogP contribution in [0.15, 0.2) is 30.6 Å². The van der Waals surface area contributed by atoms with Gasteiger partial charge in [0.1, 0.15) is 0 Å². The number of hydrogen-bond acceptors (Lipinski definition) is 2. The molecule has 0 saturated heterocycles. The molecular formula is C14H21N3. The number of fused-ring (bicyclic) bond motifs is 1. The smallest absolute Gasteiger partial charge is 0.0706 e. The van der Waals surface area contributed by atoms with Crippen LogP contribution in [-0.2, 0) is 6.54 Å². The van der Waals surface area contributed by atoms with E-state index in [-0.39, 0.29) is 0 Å². The Bertz CT molecular complexity index is 447. The maximum Gasteiger partial charge on any atom is 0.0706 e. The highest BCUT2D eigenvalue weighted by Gasteiger charge is 2.01. The van der Waals surface area contributed by atoms with Crippen LogP contribution < -0.4 is 5.32 Å². The van der Waals surface area contributed by atoms with Gasteiger partial charge in [-0.1, -0.05) is 32.3 Å². The molecule has 0 spiro atoms. The molecule has 0 aromatic carbocycles. The molecule has 2 aromatic heterocycles. The molecule has 0 atom stereocenters. The summed E-state index contributed by atoms with van der Waals surface area (Å²) >= 11 is 0. The summed E-state index contributed by atoms with van der Waals surface area (Å²) in [7, 11) is 0. The van der Waals surface area contributed by atoms with E-state index in [2.05, 4.69) is 29.5 Å². The highest BCUT2D eigenvalue weighted by atomic mass is 15.2. The Hall–Kier alpha value is -1.35. The number of aromatic nitrogens is 2. The lowest BCUT2D eigenvalue weighted by atomic mass is 10.2. The lowest BCUT2D eigenvalue weighted by Gasteiger charge is -2.03. The Kier molecular flexibility index (Phi) is 4.56. The predicted molar refractivity (Wildman–Crippen MR) is 71.0 cm³/mol. The van der Waals surface area contributed by atoms with Gasteiger partial charge in [-0.3, -0.25) is 0 Å². The zero-order valence-electron chi connectivity index (χ0n) is 10.5. The number of nitrogens with zero attached hydrogens (tertiary/aromatic N) is 2. The maximum atomic E-state index is 4.32. The average Bonchev–Trinajstić information content (AvgIpc) is 2.77. The Balaban J connectivity index is 1.79. The van der Waals surface area contributed by atoms with Crippen molar-refractivity contribution in [1.82, 2.24) is 14.9 Å². The van der Waals surface area contributed by atoms with Crippen LogP contribution in [0.5, 0.6) is 0 Å². The second-order valence-corrected chi connectivity index (χ2v) is 4.44. The molecule has 92 valence electrons. The Morgan fingerprint density at radius 2 is 2.18 bits per heavy atom. The zero-order valence-corrected chi connectivity index (χ0v) is 10.5. The summed E-state index contributed by atoms with van der Waals surface area (Å²) in [5, 5.41) is 7.81. The molecule has 0 unspecified atom stereocenters. The van der Waals surface area contributed by atoms with Gasteiger partial charge in [0, 0.05) is 18.3 Å². The molecule has 3 nitrogen and oxygen atoms in total. The number of rotatable bonds is 7. The van der Waals surface area contributed by atoms with Crippen molar-refractivity contribution in [2.45, 2.75) is 39.2 Å². The summed E-state index contributed by atoms with van der Waals surface area (Å²) in [6, 6.07) is 6.17. The highest BCUT2D eigenvalue weighted by Crippen LogP contribution is 2.09. The van der Waals surface area contributed by atoms with Crippen LogP contribution in [0, 0.1) is 0 Å². The molecule has 0 aliphatic heterocycles. The molecular weight excluding hydrogens is 210 g/mol. The summed E-state index contributed by atoms with van der Waals surface area (Å²) in [6.45, 7) is 4.26. The standard InChI is InChI=1S/C14H21N3/c1-2-3-4-6-9-15-11-13-12-16-17-10-7-5-8-14(13)17/h5,7-8,10,12,15H,2-4,6,9,11H2,1H3. The van der Waals surface area contributed by atoms with Gasteiger partial charge in [0.15, 0.2) is 0 Å². The lowest BCUT2D eigenvalue weighted by Crippen LogP contribution is -2.14. The van der Waals surface area contributed by atoms with Crippen molar-refractivity contribution >= 4 is 5.52 Å². The highest BCUT2D eigenvalue weighted by molar-refractivity contribution is 5.53. The van der Waals surface area contributed by atoms with Crippen molar-refractivity contribution in [1.29, 1.82) is 0 Å². The molecule has 2 aromatic rings. The molecule has 2 heterocycles. The first kappa shape index (κ1) is 12.1. The van der Waals surface area contributed by atoms with E-state index in [0.29, 0.717) is 0 Å². The van der Waals surface area contributed by atoms with Gasteiger partial charge in [-0.15, -0.1) is 0 Å². The topological polar surface area (TPSA) is 29.3 Å². The van der Waals surface area contributed by atoms with Gasteiger partial charge >= 0.3 is 0 Å². The molecule has 0 radical (unpaired) electrons. The fraction of sp³-hybridized carbons (Fsp3) is 0.500. The van der Waals surface area contributed by atoms with Gasteiger partial charge in [-0.05, 0) is 25.1 Å². The third-order valence-corrected chi connectivity index (χ3v) is 3.03. The minimum Gasteiger partial charge on any atom is -0.313 e. The van der Waals surface area contributed by atoms with Gasteiger partial charge < -0.3 is 5.32 Å². The predicted octanol–water partition coefficient (Wildman–Crippen LogP) is 3.00. The third-order valence-electron chi connectivity index (χ3n) is 3.03. The largest absolute Gasteiger partial charge is 0.313 e. The van der Waals surface area contributed by atoms with Crippen LogP contribution in [0.4, 0.5) is 0 Å². The third kappa shape index (κ3) is 3.30. The first-order valence-corrected chi connectivity index (χ1v) is 6.54. The number of nitrogens with one attached hydrogen (secondary N) is 1. The number of hydrogen-bond donors (Lipinski definition) is 1. The first-order chi connectivity index (χ1) is 8.42. The monoisotopic (exact) mass is 231 g/mol. The average molecular weight is 231 g/mol. The van der Waals surface area contributed by atoms with E-state index >= 15 is 0 Å². The Morgan fingerprint density at radius 3 is 3.06 bits per heavy atom. The van der Waals surface area contributed by atoms with E-state index in [1.165, 1.54) is 36.8 Å². The van der Waals surface area contributed by atoms with E-state index in [0.717, 1.165) is 13.1 Å². The fourth-order valence-electron chi connectivity index (χ4n) is 2.02. The van der Waals surface area contributed by atoms with E-state index in [1.807, 2.05) is 23.0 Å². The molecule has 0 bridgehead atoms. The van der Waals surface area contributed by atoms with Gasteiger partial charge in [-0.25, -0.2) is 4.52 Å². The Morgan fingerprint density at radius 1 is 1.24 bits per heavy atom. The summed E-state index contributed by atoms with van der Waals surface area (Å²) in [5.41, 5.74) is 2.48. The first-order valence-electron chi connectivity index (χ1n) is 6.54. The van der Waals surface area contributed by atoms with Crippen molar-refractivity contribution < 1.29 is 0 Å². The summed E-state index contributed by atoms with van der Waals surface area (Å²) in [6.07, 6.45) is 9.19. The second-order valence-electron chi connectivity index (χ2n) is 4.44. The van der Waals surface area contributed by atoms with E-state index in [9.17, 15) is 0 Å². The van der Waals surface area contributed by atoms with Gasteiger partial charge in [0.25, 0.3) is 0 Å². The second kappa shape index (κ2) is 6.40. The molecule has 0 saturated carbocycles. The van der Waals surface area contributed by atoms with Gasteiger partial charge in [-0.2, -0.15) is 5.10 Å². The van der Waals surface area contributed by atoms with Crippen molar-refractivity contribution in [3.05, 3.63) is 36.2 Å². The SMILES string of the molecule is CCCCCCNCc1cnn2ccccc12. The normalized spacial score (nSPS) is 11.1. The molecule has 0 aliphatic rings. The lowest BCUT2D eigenvalue weighted by molar-refractivity contribution is 0.599. The number of unbranched alkanes of at least 4 members (excludes halogenated alkanes) is 3. The van der Waals surface area contributed by atoms with E-state index in [4.69, 9.17) is 0 Å². The fourth-order valence-corrected chi connectivity index (χ4v) is 2.02. The van der Waals surface area contributed by atoms with Crippen molar-refractivity contribution in [2.24, 2.45) is 0 Å². The van der Waals surface area contributed by atoms with Gasteiger partial charge in [0.2, 0.25) is 0 Å². The minimum atomic E-state index is 0.916. The molecule has 0 amide bonds. The molecule has 17 heavy (non-hydrogen) atoms.